The normalized spacial score (nSPS) is 12.1. The summed E-state index contributed by atoms with van der Waals surface area (Å²) in [6.45, 7) is 0. The lowest BCUT2D eigenvalue weighted by molar-refractivity contribution is -0.140. The minimum Gasteiger partial charge on any atom is -0.469 e. The first-order valence-corrected chi connectivity index (χ1v) is 5.71. The fraction of sp³-hybridized carbons (Fsp3) is 0.364. The van der Waals surface area contributed by atoms with Crippen molar-refractivity contribution in [2.75, 3.05) is 12.9 Å². The SMILES string of the molecule is COC(=O)CC(N)CSc1ccccc1. The van der Waals surface area contributed by atoms with Crippen molar-refractivity contribution < 1.29 is 9.53 Å². The maximum Gasteiger partial charge on any atom is 0.307 e. The fourth-order valence-corrected chi connectivity index (χ4v) is 1.95. The zero-order chi connectivity index (χ0) is 11.1. The molecule has 0 aliphatic rings. The Kier molecular flexibility index (Phi) is 5.21. The van der Waals surface area contributed by atoms with Crippen molar-refractivity contribution in [2.24, 2.45) is 5.73 Å². The van der Waals surface area contributed by atoms with Crippen molar-refractivity contribution in [2.45, 2.75) is 17.4 Å². The molecule has 0 aliphatic heterocycles. The molecule has 0 heterocycles. The Hall–Kier alpha value is -1.00. The van der Waals surface area contributed by atoms with Gasteiger partial charge in [-0.2, -0.15) is 0 Å². The van der Waals surface area contributed by atoms with E-state index in [4.69, 9.17) is 5.73 Å². The second kappa shape index (κ2) is 6.48. The third-order valence-corrected chi connectivity index (χ3v) is 3.06. The van der Waals surface area contributed by atoms with Crippen LogP contribution in [-0.4, -0.2) is 24.9 Å². The molecule has 0 saturated heterocycles. The van der Waals surface area contributed by atoms with Gasteiger partial charge in [0.05, 0.1) is 13.5 Å². The summed E-state index contributed by atoms with van der Waals surface area (Å²) in [5.41, 5.74) is 5.78. The predicted octanol–water partition coefficient (Wildman–Crippen LogP) is 1.67. The molecule has 0 amide bonds. The van der Waals surface area contributed by atoms with Crippen LogP contribution in [0.2, 0.25) is 0 Å². The third kappa shape index (κ3) is 4.85. The van der Waals surface area contributed by atoms with Gasteiger partial charge in [-0.3, -0.25) is 4.79 Å². The molecule has 1 unspecified atom stereocenters. The number of thioether (sulfide) groups is 1. The van der Waals surface area contributed by atoms with Crippen LogP contribution in [0.4, 0.5) is 0 Å². The summed E-state index contributed by atoms with van der Waals surface area (Å²) in [5.74, 6) is 0.468. The van der Waals surface area contributed by atoms with E-state index in [0.717, 1.165) is 10.6 Å². The standard InChI is InChI=1S/C11H15NO2S/c1-14-11(13)7-9(12)8-15-10-5-3-2-4-6-10/h2-6,9H,7-8,12H2,1H3. The average molecular weight is 225 g/mol. The van der Waals surface area contributed by atoms with Crippen LogP contribution < -0.4 is 5.73 Å². The molecule has 0 bridgehead atoms. The van der Waals surface area contributed by atoms with E-state index in [9.17, 15) is 4.79 Å². The second-order valence-electron chi connectivity index (χ2n) is 3.16. The van der Waals surface area contributed by atoms with Crippen molar-refractivity contribution in [1.29, 1.82) is 0 Å². The van der Waals surface area contributed by atoms with Crippen LogP contribution in [0.25, 0.3) is 0 Å². The van der Waals surface area contributed by atoms with Gasteiger partial charge in [-0.15, -0.1) is 11.8 Å². The van der Waals surface area contributed by atoms with E-state index in [0.29, 0.717) is 0 Å². The average Bonchev–Trinajstić information content (AvgIpc) is 2.27. The Labute approximate surface area is 94.0 Å². The minimum atomic E-state index is -0.254. The highest BCUT2D eigenvalue weighted by Crippen LogP contribution is 2.18. The van der Waals surface area contributed by atoms with Gasteiger partial charge in [-0.25, -0.2) is 0 Å². The molecule has 0 saturated carbocycles. The molecule has 1 atom stereocenters. The first-order chi connectivity index (χ1) is 7.22. The molecule has 0 aromatic heterocycles. The highest BCUT2D eigenvalue weighted by atomic mass is 32.2. The monoisotopic (exact) mass is 225 g/mol. The van der Waals surface area contributed by atoms with Gasteiger partial charge in [0.1, 0.15) is 0 Å². The van der Waals surface area contributed by atoms with E-state index >= 15 is 0 Å². The van der Waals surface area contributed by atoms with Crippen LogP contribution in [0.15, 0.2) is 35.2 Å². The first-order valence-electron chi connectivity index (χ1n) is 4.72. The zero-order valence-corrected chi connectivity index (χ0v) is 9.50. The number of hydrogen-bond acceptors (Lipinski definition) is 4. The molecule has 2 N–H and O–H groups in total. The molecule has 1 aromatic carbocycles. The summed E-state index contributed by atoms with van der Waals surface area (Å²) in [6.07, 6.45) is 0.274. The van der Waals surface area contributed by atoms with E-state index in [1.54, 1.807) is 11.8 Å². The van der Waals surface area contributed by atoms with Gasteiger partial charge in [0.15, 0.2) is 0 Å². The molecule has 0 aliphatic carbocycles. The van der Waals surface area contributed by atoms with Gasteiger partial charge in [0.2, 0.25) is 0 Å². The van der Waals surface area contributed by atoms with E-state index in [1.807, 2.05) is 30.3 Å². The van der Waals surface area contributed by atoms with Crippen molar-refractivity contribution in [1.82, 2.24) is 0 Å². The zero-order valence-electron chi connectivity index (χ0n) is 8.68. The van der Waals surface area contributed by atoms with Gasteiger partial charge in [-0.05, 0) is 12.1 Å². The topological polar surface area (TPSA) is 52.3 Å². The number of carbonyl (C=O) groups is 1. The lowest BCUT2D eigenvalue weighted by Crippen LogP contribution is -2.26. The number of esters is 1. The smallest absolute Gasteiger partial charge is 0.307 e. The van der Waals surface area contributed by atoms with E-state index < -0.39 is 0 Å². The first kappa shape index (κ1) is 12.1. The number of methoxy groups -OCH3 is 1. The lowest BCUT2D eigenvalue weighted by Gasteiger charge is -2.09. The highest BCUT2D eigenvalue weighted by molar-refractivity contribution is 7.99. The predicted molar refractivity (Wildman–Crippen MR) is 61.8 cm³/mol. The molecule has 0 radical (unpaired) electrons. The van der Waals surface area contributed by atoms with Crippen LogP contribution in [0.1, 0.15) is 6.42 Å². The maximum absolute atomic E-state index is 10.9. The molecule has 15 heavy (non-hydrogen) atoms. The Bertz CT molecular complexity index is 303. The Morgan fingerprint density at radius 1 is 1.47 bits per heavy atom. The molecule has 1 aromatic rings. The summed E-state index contributed by atoms with van der Waals surface area (Å²) in [7, 11) is 1.37. The van der Waals surface area contributed by atoms with Crippen LogP contribution in [0, 0.1) is 0 Å². The fourth-order valence-electron chi connectivity index (χ4n) is 1.08. The van der Waals surface area contributed by atoms with Gasteiger partial charge in [0, 0.05) is 16.7 Å². The van der Waals surface area contributed by atoms with Crippen LogP contribution in [0.5, 0.6) is 0 Å². The summed E-state index contributed by atoms with van der Waals surface area (Å²) in [4.78, 5) is 12.1. The molecule has 1 rings (SSSR count). The van der Waals surface area contributed by atoms with Gasteiger partial charge in [0.25, 0.3) is 0 Å². The number of nitrogens with two attached hydrogens (primary N) is 1. The largest absolute Gasteiger partial charge is 0.469 e. The summed E-state index contributed by atoms with van der Waals surface area (Å²) < 4.78 is 4.54. The molecular weight excluding hydrogens is 210 g/mol. The second-order valence-corrected chi connectivity index (χ2v) is 4.26. The van der Waals surface area contributed by atoms with Crippen LogP contribution >= 0.6 is 11.8 Å². The molecule has 0 spiro atoms. The highest BCUT2D eigenvalue weighted by Gasteiger charge is 2.09. The van der Waals surface area contributed by atoms with Crippen LogP contribution in [-0.2, 0) is 9.53 Å². The van der Waals surface area contributed by atoms with E-state index in [1.165, 1.54) is 7.11 Å². The van der Waals surface area contributed by atoms with Gasteiger partial charge >= 0.3 is 5.97 Å². The maximum atomic E-state index is 10.9. The van der Waals surface area contributed by atoms with E-state index in [2.05, 4.69) is 4.74 Å². The molecule has 4 heteroatoms. The number of rotatable bonds is 5. The Balaban J connectivity index is 2.28. The molecule has 0 fully saturated rings. The number of benzene rings is 1. The molecule has 3 nitrogen and oxygen atoms in total. The third-order valence-electron chi connectivity index (χ3n) is 1.86. The van der Waals surface area contributed by atoms with E-state index in [-0.39, 0.29) is 18.4 Å². The minimum absolute atomic E-state index is 0.150. The van der Waals surface area contributed by atoms with Crippen molar-refractivity contribution in [3.05, 3.63) is 30.3 Å². The number of ether oxygens (including phenoxy) is 1. The summed E-state index contributed by atoms with van der Waals surface area (Å²) in [6, 6.07) is 9.83. The Morgan fingerprint density at radius 2 is 2.13 bits per heavy atom. The van der Waals surface area contributed by atoms with Gasteiger partial charge < -0.3 is 10.5 Å². The molecular formula is C11H15NO2S. The lowest BCUT2D eigenvalue weighted by atomic mass is 10.2. The van der Waals surface area contributed by atoms with Crippen molar-refractivity contribution in [3.8, 4) is 0 Å². The molecule has 82 valence electrons. The van der Waals surface area contributed by atoms with Crippen LogP contribution in [0.3, 0.4) is 0 Å². The number of hydrogen-bond donors (Lipinski definition) is 1. The van der Waals surface area contributed by atoms with Crippen molar-refractivity contribution >= 4 is 17.7 Å². The summed E-state index contributed by atoms with van der Waals surface area (Å²) in [5, 5.41) is 0. The number of carbonyl (C=O) groups excluding carboxylic acids is 1. The quantitative estimate of drug-likeness (QED) is 0.612. The van der Waals surface area contributed by atoms with Crippen molar-refractivity contribution in [3.63, 3.8) is 0 Å². The van der Waals surface area contributed by atoms with Gasteiger partial charge in [-0.1, -0.05) is 18.2 Å². The summed E-state index contributed by atoms with van der Waals surface area (Å²) >= 11 is 1.65. The Morgan fingerprint density at radius 3 is 2.73 bits per heavy atom.